The molecule has 1 amide bonds. The molecule has 1 saturated carbocycles. The van der Waals surface area contributed by atoms with E-state index in [2.05, 4.69) is 11.4 Å². The van der Waals surface area contributed by atoms with E-state index in [0.717, 1.165) is 37.7 Å². The Morgan fingerprint density at radius 3 is 2.40 bits per heavy atom. The molecule has 1 aliphatic rings. The van der Waals surface area contributed by atoms with Gasteiger partial charge in [0.2, 0.25) is 0 Å². The molecule has 0 aromatic heterocycles. The largest absolute Gasteiger partial charge is 0.444 e. The lowest BCUT2D eigenvalue weighted by atomic mass is 9.84. The molecule has 0 aliphatic heterocycles. The quantitative estimate of drug-likeness (QED) is 0.777. The fourth-order valence-electron chi connectivity index (χ4n) is 2.45. The SMILES string of the molecule is C/C(=C\C[C@H]1CC[C@@H](NC(=O)OC(C)(C)C)CC1)CO. The Hall–Kier alpha value is -1.03. The van der Waals surface area contributed by atoms with E-state index in [0.29, 0.717) is 5.92 Å². The van der Waals surface area contributed by atoms with Crippen molar-refractivity contribution >= 4 is 6.09 Å². The molecule has 0 bridgehead atoms. The average Bonchev–Trinajstić information content (AvgIpc) is 2.35. The van der Waals surface area contributed by atoms with Gasteiger partial charge in [-0.2, -0.15) is 0 Å². The molecular formula is C16H29NO3. The monoisotopic (exact) mass is 283 g/mol. The summed E-state index contributed by atoms with van der Waals surface area (Å²) in [5.41, 5.74) is 0.604. The summed E-state index contributed by atoms with van der Waals surface area (Å²) in [6.07, 6.45) is 7.12. The van der Waals surface area contributed by atoms with Gasteiger partial charge in [-0.25, -0.2) is 4.79 Å². The fourth-order valence-corrected chi connectivity index (χ4v) is 2.45. The third kappa shape index (κ3) is 6.94. The van der Waals surface area contributed by atoms with Crippen molar-refractivity contribution in [3.05, 3.63) is 11.6 Å². The predicted octanol–water partition coefficient (Wildman–Crippen LogP) is 3.40. The second-order valence-electron chi connectivity index (χ2n) is 6.81. The Morgan fingerprint density at radius 1 is 1.30 bits per heavy atom. The molecule has 0 aromatic rings. The number of carbonyl (C=O) groups excluding carboxylic acids is 1. The fraction of sp³-hybridized carbons (Fsp3) is 0.812. The van der Waals surface area contributed by atoms with Crippen LogP contribution in [0, 0.1) is 5.92 Å². The third-order valence-corrected chi connectivity index (χ3v) is 3.62. The van der Waals surface area contributed by atoms with E-state index in [-0.39, 0.29) is 18.7 Å². The highest BCUT2D eigenvalue weighted by Crippen LogP contribution is 2.27. The first-order valence-corrected chi connectivity index (χ1v) is 7.56. The molecule has 4 heteroatoms. The molecule has 1 aliphatic carbocycles. The molecule has 0 saturated heterocycles. The smallest absolute Gasteiger partial charge is 0.407 e. The van der Waals surface area contributed by atoms with Crippen LogP contribution in [0.5, 0.6) is 0 Å². The zero-order valence-corrected chi connectivity index (χ0v) is 13.2. The highest BCUT2D eigenvalue weighted by Gasteiger charge is 2.24. The number of hydrogen-bond donors (Lipinski definition) is 2. The summed E-state index contributed by atoms with van der Waals surface area (Å²) in [6, 6.07) is 0.240. The van der Waals surface area contributed by atoms with Crippen LogP contribution in [0.4, 0.5) is 4.79 Å². The van der Waals surface area contributed by atoms with Crippen LogP contribution in [0.2, 0.25) is 0 Å². The summed E-state index contributed by atoms with van der Waals surface area (Å²) in [7, 11) is 0. The number of aliphatic hydroxyl groups excluding tert-OH is 1. The van der Waals surface area contributed by atoms with Crippen LogP contribution in [0.15, 0.2) is 11.6 Å². The van der Waals surface area contributed by atoms with Gasteiger partial charge in [-0.15, -0.1) is 0 Å². The Kier molecular flexibility index (Phi) is 6.53. The van der Waals surface area contributed by atoms with Gasteiger partial charge in [-0.05, 0) is 65.7 Å². The Balaban J connectivity index is 2.27. The van der Waals surface area contributed by atoms with Crippen molar-refractivity contribution in [3.63, 3.8) is 0 Å². The molecule has 0 aromatic carbocycles. The van der Waals surface area contributed by atoms with Crippen molar-refractivity contribution < 1.29 is 14.6 Å². The molecule has 0 radical (unpaired) electrons. The molecule has 1 rings (SSSR count). The van der Waals surface area contributed by atoms with Crippen molar-refractivity contribution in [1.29, 1.82) is 0 Å². The zero-order valence-electron chi connectivity index (χ0n) is 13.2. The lowest BCUT2D eigenvalue weighted by Gasteiger charge is -2.29. The van der Waals surface area contributed by atoms with Crippen molar-refractivity contribution in [2.75, 3.05) is 6.61 Å². The van der Waals surface area contributed by atoms with Crippen molar-refractivity contribution in [2.24, 2.45) is 5.92 Å². The van der Waals surface area contributed by atoms with E-state index in [4.69, 9.17) is 9.84 Å². The van der Waals surface area contributed by atoms with Gasteiger partial charge in [0.25, 0.3) is 0 Å². The van der Waals surface area contributed by atoms with Crippen molar-refractivity contribution in [2.45, 2.75) is 71.4 Å². The third-order valence-electron chi connectivity index (χ3n) is 3.62. The Labute approximate surface area is 122 Å². The first-order chi connectivity index (χ1) is 9.30. The molecule has 0 heterocycles. The second kappa shape index (κ2) is 7.67. The van der Waals surface area contributed by atoms with Gasteiger partial charge in [0, 0.05) is 6.04 Å². The van der Waals surface area contributed by atoms with Gasteiger partial charge in [0.15, 0.2) is 0 Å². The normalized spacial score (nSPS) is 24.4. The maximum atomic E-state index is 11.7. The number of ether oxygens (including phenoxy) is 1. The number of carbonyl (C=O) groups is 1. The van der Waals surface area contributed by atoms with E-state index < -0.39 is 5.60 Å². The van der Waals surface area contributed by atoms with Crippen LogP contribution < -0.4 is 5.32 Å². The van der Waals surface area contributed by atoms with E-state index in [1.807, 2.05) is 27.7 Å². The van der Waals surface area contributed by atoms with E-state index in [1.54, 1.807) is 0 Å². The van der Waals surface area contributed by atoms with Crippen LogP contribution in [0.25, 0.3) is 0 Å². The maximum absolute atomic E-state index is 11.7. The van der Waals surface area contributed by atoms with Gasteiger partial charge in [0.1, 0.15) is 5.60 Å². The highest BCUT2D eigenvalue weighted by molar-refractivity contribution is 5.68. The summed E-state index contributed by atoms with van der Waals surface area (Å²) >= 11 is 0. The molecule has 0 unspecified atom stereocenters. The lowest BCUT2D eigenvalue weighted by Crippen LogP contribution is -2.40. The summed E-state index contributed by atoms with van der Waals surface area (Å²) < 4.78 is 5.27. The van der Waals surface area contributed by atoms with E-state index in [1.165, 1.54) is 0 Å². The van der Waals surface area contributed by atoms with E-state index in [9.17, 15) is 4.79 Å². The average molecular weight is 283 g/mol. The van der Waals surface area contributed by atoms with Crippen LogP contribution in [-0.4, -0.2) is 29.4 Å². The number of alkyl carbamates (subject to hydrolysis) is 1. The minimum Gasteiger partial charge on any atom is -0.444 e. The summed E-state index contributed by atoms with van der Waals surface area (Å²) in [5, 5.41) is 11.9. The number of hydrogen-bond acceptors (Lipinski definition) is 3. The van der Waals surface area contributed by atoms with Crippen LogP contribution in [0.1, 0.15) is 59.8 Å². The highest BCUT2D eigenvalue weighted by atomic mass is 16.6. The molecule has 2 N–H and O–H groups in total. The summed E-state index contributed by atoms with van der Waals surface area (Å²) in [5.74, 6) is 0.674. The lowest BCUT2D eigenvalue weighted by molar-refractivity contribution is 0.0487. The first-order valence-electron chi connectivity index (χ1n) is 7.56. The topological polar surface area (TPSA) is 58.6 Å². The number of nitrogens with one attached hydrogen (secondary N) is 1. The molecule has 4 nitrogen and oxygen atoms in total. The van der Waals surface area contributed by atoms with Gasteiger partial charge < -0.3 is 15.2 Å². The van der Waals surface area contributed by atoms with Gasteiger partial charge in [0.05, 0.1) is 6.61 Å². The van der Waals surface area contributed by atoms with E-state index >= 15 is 0 Å². The van der Waals surface area contributed by atoms with Gasteiger partial charge in [-0.3, -0.25) is 0 Å². The molecular weight excluding hydrogens is 254 g/mol. The molecule has 20 heavy (non-hydrogen) atoms. The summed E-state index contributed by atoms with van der Waals surface area (Å²) in [6.45, 7) is 7.73. The molecule has 1 fully saturated rings. The second-order valence-corrected chi connectivity index (χ2v) is 6.81. The molecule has 0 atom stereocenters. The minimum atomic E-state index is -0.437. The predicted molar refractivity (Wildman–Crippen MR) is 80.6 cm³/mol. The number of allylic oxidation sites excluding steroid dienone is 1. The van der Waals surface area contributed by atoms with Crippen LogP contribution in [-0.2, 0) is 4.74 Å². The van der Waals surface area contributed by atoms with Crippen LogP contribution in [0.3, 0.4) is 0 Å². The molecule has 116 valence electrons. The number of amides is 1. The molecule has 0 spiro atoms. The van der Waals surface area contributed by atoms with Crippen molar-refractivity contribution in [1.82, 2.24) is 5.32 Å². The van der Waals surface area contributed by atoms with Gasteiger partial charge in [-0.1, -0.05) is 11.6 Å². The standard InChI is InChI=1S/C16H29NO3/c1-12(11-18)5-6-13-7-9-14(10-8-13)17-15(19)20-16(2,3)4/h5,13-14,18H,6-11H2,1-4H3,(H,17,19)/b12-5+/t13-,14+. The number of rotatable bonds is 4. The van der Waals surface area contributed by atoms with Crippen LogP contribution >= 0.6 is 0 Å². The first kappa shape index (κ1) is 17.0. The number of aliphatic hydroxyl groups is 1. The van der Waals surface area contributed by atoms with Gasteiger partial charge >= 0.3 is 6.09 Å². The zero-order chi connectivity index (χ0) is 15.2. The Bertz CT molecular complexity index is 336. The summed E-state index contributed by atoms with van der Waals surface area (Å²) in [4.78, 5) is 11.7. The maximum Gasteiger partial charge on any atom is 0.407 e. The minimum absolute atomic E-state index is 0.148. The Morgan fingerprint density at radius 2 is 1.90 bits per heavy atom. The van der Waals surface area contributed by atoms with Crippen molar-refractivity contribution in [3.8, 4) is 0 Å².